The minimum Gasteiger partial charge on any atom is -0.497 e. The summed E-state index contributed by atoms with van der Waals surface area (Å²) in [6.07, 6.45) is -0.0678. The van der Waals surface area contributed by atoms with Crippen molar-refractivity contribution in [3.8, 4) is 5.75 Å². The van der Waals surface area contributed by atoms with Crippen LogP contribution in [-0.2, 0) is 6.18 Å². The van der Waals surface area contributed by atoms with Crippen LogP contribution in [0.5, 0.6) is 5.75 Å². The SMILES string of the molecule is COc1ccc(C(=O)NC(=O)NC2CCCCC2)c(C(F)(F)F)c1. The molecule has 132 valence electrons. The molecule has 1 aromatic rings. The molecule has 3 amide bonds. The summed E-state index contributed by atoms with van der Waals surface area (Å²) in [5, 5.41) is 4.59. The molecule has 1 saturated carbocycles. The maximum atomic E-state index is 13.1. The maximum absolute atomic E-state index is 13.1. The Hall–Kier alpha value is -2.25. The molecule has 24 heavy (non-hydrogen) atoms. The number of benzene rings is 1. The van der Waals surface area contributed by atoms with Crippen LogP contribution in [0, 0.1) is 0 Å². The van der Waals surface area contributed by atoms with Gasteiger partial charge in [0.1, 0.15) is 5.75 Å². The van der Waals surface area contributed by atoms with Crippen LogP contribution in [-0.4, -0.2) is 25.1 Å². The smallest absolute Gasteiger partial charge is 0.417 e. The molecule has 0 saturated heterocycles. The number of carbonyl (C=O) groups excluding carboxylic acids is 2. The van der Waals surface area contributed by atoms with Gasteiger partial charge in [-0.15, -0.1) is 0 Å². The molecule has 0 bridgehead atoms. The van der Waals surface area contributed by atoms with E-state index in [1.165, 1.54) is 13.2 Å². The fourth-order valence-corrected chi connectivity index (χ4v) is 2.72. The highest BCUT2D eigenvalue weighted by Gasteiger charge is 2.36. The minimum atomic E-state index is -4.74. The molecule has 1 fully saturated rings. The number of hydrogen-bond acceptors (Lipinski definition) is 3. The molecule has 1 aromatic carbocycles. The molecule has 0 atom stereocenters. The van der Waals surface area contributed by atoms with Gasteiger partial charge in [-0.2, -0.15) is 13.2 Å². The van der Waals surface area contributed by atoms with Crippen LogP contribution < -0.4 is 15.4 Å². The minimum absolute atomic E-state index is 0.0227. The van der Waals surface area contributed by atoms with Crippen LogP contribution in [0.4, 0.5) is 18.0 Å². The maximum Gasteiger partial charge on any atom is 0.417 e. The zero-order chi connectivity index (χ0) is 17.7. The highest BCUT2D eigenvalue weighted by Crippen LogP contribution is 2.34. The predicted octanol–water partition coefficient (Wildman–Crippen LogP) is 3.49. The average Bonchev–Trinajstić information content (AvgIpc) is 2.54. The van der Waals surface area contributed by atoms with E-state index in [0.717, 1.165) is 44.2 Å². The molecule has 0 radical (unpaired) electrons. The number of methoxy groups -OCH3 is 1. The van der Waals surface area contributed by atoms with Crippen molar-refractivity contribution in [2.75, 3.05) is 7.11 Å². The van der Waals surface area contributed by atoms with Crippen molar-refractivity contribution in [3.05, 3.63) is 29.3 Å². The monoisotopic (exact) mass is 344 g/mol. The van der Waals surface area contributed by atoms with E-state index >= 15 is 0 Å². The van der Waals surface area contributed by atoms with Crippen molar-refractivity contribution in [3.63, 3.8) is 0 Å². The van der Waals surface area contributed by atoms with E-state index in [1.807, 2.05) is 5.32 Å². The fourth-order valence-electron chi connectivity index (χ4n) is 2.72. The van der Waals surface area contributed by atoms with Gasteiger partial charge in [0.25, 0.3) is 5.91 Å². The van der Waals surface area contributed by atoms with Crippen LogP contribution in [0.3, 0.4) is 0 Å². The molecule has 2 N–H and O–H groups in total. The summed E-state index contributed by atoms with van der Waals surface area (Å²) in [6, 6.07) is 2.13. The number of ether oxygens (including phenoxy) is 1. The van der Waals surface area contributed by atoms with E-state index in [4.69, 9.17) is 4.74 Å². The lowest BCUT2D eigenvalue weighted by Gasteiger charge is -2.22. The van der Waals surface area contributed by atoms with E-state index in [2.05, 4.69) is 5.32 Å². The number of imide groups is 1. The summed E-state index contributed by atoms with van der Waals surface area (Å²) >= 11 is 0. The second-order valence-corrected chi connectivity index (χ2v) is 5.67. The third kappa shape index (κ3) is 4.62. The number of nitrogens with one attached hydrogen (secondary N) is 2. The molecular formula is C16H19F3N2O3. The number of halogens is 3. The molecular weight excluding hydrogens is 325 g/mol. The molecule has 5 nitrogen and oxygen atoms in total. The molecule has 0 unspecified atom stereocenters. The van der Waals surface area contributed by atoms with Gasteiger partial charge in [0.15, 0.2) is 0 Å². The van der Waals surface area contributed by atoms with Crippen molar-refractivity contribution in [1.82, 2.24) is 10.6 Å². The molecule has 1 aliphatic rings. The number of carbonyl (C=O) groups is 2. The molecule has 0 aliphatic heterocycles. The molecule has 0 heterocycles. The number of alkyl halides is 3. The fraction of sp³-hybridized carbons (Fsp3) is 0.500. The van der Waals surface area contributed by atoms with E-state index in [1.54, 1.807) is 0 Å². The first kappa shape index (κ1) is 18.1. The number of urea groups is 1. The van der Waals surface area contributed by atoms with Gasteiger partial charge in [-0.3, -0.25) is 10.1 Å². The van der Waals surface area contributed by atoms with E-state index in [9.17, 15) is 22.8 Å². The van der Waals surface area contributed by atoms with Gasteiger partial charge in [0, 0.05) is 6.04 Å². The lowest BCUT2D eigenvalue weighted by Crippen LogP contribution is -2.45. The Morgan fingerprint density at radius 1 is 1.17 bits per heavy atom. The number of hydrogen-bond donors (Lipinski definition) is 2. The first-order chi connectivity index (χ1) is 11.3. The summed E-state index contributed by atoms with van der Waals surface area (Å²) < 4.78 is 44.1. The largest absolute Gasteiger partial charge is 0.497 e. The van der Waals surface area contributed by atoms with E-state index in [-0.39, 0.29) is 11.8 Å². The second-order valence-electron chi connectivity index (χ2n) is 5.67. The Bertz CT molecular complexity index is 611. The van der Waals surface area contributed by atoms with Crippen LogP contribution >= 0.6 is 0 Å². The molecule has 1 aliphatic carbocycles. The van der Waals surface area contributed by atoms with Gasteiger partial charge in [-0.1, -0.05) is 19.3 Å². The zero-order valence-corrected chi connectivity index (χ0v) is 13.2. The van der Waals surface area contributed by atoms with Crippen molar-refractivity contribution in [1.29, 1.82) is 0 Å². The van der Waals surface area contributed by atoms with Crippen LogP contribution in [0.1, 0.15) is 48.0 Å². The Morgan fingerprint density at radius 2 is 1.83 bits per heavy atom. The van der Waals surface area contributed by atoms with Crippen molar-refractivity contribution < 1.29 is 27.5 Å². The summed E-state index contributed by atoms with van der Waals surface area (Å²) in [4.78, 5) is 23.9. The molecule has 8 heteroatoms. The average molecular weight is 344 g/mol. The topological polar surface area (TPSA) is 67.4 Å². The van der Waals surface area contributed by atoms with Gasteiger partial charge in [-0.05, 0) is 31.0 Å². The Labute approximate surface area is 137 Å². The summed E-state index contributed by atoms with van der Waals surface area (Å²) in [5.74, 6) is -1.12. The Kier molecular flexibility index (Phi) is 5.69. The van der Waals surface area contributed by atoms with Crippen molar-refractivity contribution >= 4 is 11.9 Å². The Balaban J connectivity index is 2.09. The van der Waals surface area contributed by atoms with Crippen LogP contribution in [0.25, 0.3) is 0 Å². The van der Waals surface area contributed by atoms with Crippen LogP contribution in [0.2, 0.25) is 0 Å². The molecule has 0 aromatic heterocycles. The van der Waals surface area contributed by atoms with Crippen molar-refractivity contribution in [2.45, 2.75) is 44.3 Å². The normalized spacial score (nSPS) is 15.7. The van der Waals surface area contributed by atoms with E-state index in [0.29, 0.717) is 0 Å². The third-order valence-electron chi connectivity index (χ3n) is 3.94. The van der Waals surface area contributed by atoms with Crippen molar-refractivity contribution in [2.24, 2.45) is 0 Å². The van der Waals surface area contributed by atoms with Gasteiger partial charge < -0.3 is 10.1 Å². The van der Waals surface area contributed by atoms with Gasteiger partial charge in [0.2, 0.25) is 0 Å². The summed E-state index contributed by atoms with van der Waals surface area (Å²) in [6.45, 7) is 0. The first-order valence-corrected chi connectivity index (χ1v) is 7.68. The highest BCUT2D eigenvalue weighted by molar-refractivity contribution is 6.05. The highest BCUT2D eigenvalue weighted by atomic mass is 19.4. The summed E-state index contributed by atoms with van der Waals surface area (Å²) in [7, 11) is 1.23. The van der Waals surface area contributed by atoms with Gasteiger partial charge >= 0.3 is 12.2 Å². The zero-order valence-electron chi connectivity index (χ0n) is 13.2. The number of amides is 3. The first-order valence-electron chi connectivity index (χ1n) is 7.68. The lowest BCUT2D eigenvalue weighted by molar-refractivity contribution is -0.138. The lowest BCUT2D eigenvalue weighted by atomic mass is 9.96. The standard InChI is InChI=1S/C16H19F3N2O3/c1-24-11-7-8-12(13(9-11)16(17,18)19)14(22)21-15(23)20-10-5-3-2-4-6-10/h7-10H,2-6H2,1H3,(H2,20,21,22,23). The molecule has 0 spiro atoms. The van der Waals surface area contributed by atoms with Gasteiger partial charge in [-0.25, -0.2) is 4.79 Å². The summed E-state index contributed by atoms with van der Waals surface area (Å²) in [5.41, 5.74) is -1.77. The Morgan fingerprint density at radius 3 is 2.42 bits per heavy atom. The number of rotatable bonds is 3. The third-order valence-corrected chi connectivity index (χ3v) is 3.94. The van der Waals surface area contributed by atoms with Crippen LogP contribution in [0.15, 0.2) is 18.2 Å². The molecule has 2 rings (SSSR count). The predicted molar refractivity (Wildman–Crippen MR) is 80.9 cm³/mol. The van der Waals surface area contributed by atoms with Gasteiger partial charge in [0.05, 0.1) is 18.2 Å². The van der Waals surface area contributed by atoms with E-state index < -0.39 is 29.2 Å². The second kappa shape index (κ2) is 7.55. The quantitative estimate of drug-likeness (QED) is 0.882.